The summed E-state index contributed by atoms with van der Waals surface area (Å²) in [5, 5.41) is 16.5. The predicted molar refractivity (Wildman–Crippen MR) is 108 cm³/mol. The Morgan fingerprint density at radius 1 is 1.28 bits per heavy atom. The Morgan fingerprint density at radius 2 is 1.96 bits per heavy atom. The third-order valence-electron chi connectivity index (χ3n) is 3.83. The summed E-state index contributed by atoms with van der Waals surface area (Å²) in [5.41, 5.74) is 1.11. The minimum absolute atomic E-state index is 0.0415. The fourth-order valence-corrected chi connectivity index (χ4v) is 2.22. The molecule has 0 bridgehead atoms. The molecule has 3 N–H and O–H groups in total. The molecule has 0 aliphatic heterocycles. The average molecular weight is 368 g/mol. The largest absolute Gasteiger partial charge is 0.389 e. The van der Waals surface area contributed by atoms with E-state index in [4.69, 9.17) is 4.74 Å². The molecular formula is C19H33N3O2S. The van der Waals surface area contributed by atoms with Crippen molar-refractivity contribution in [3.8, 4) is 0 Å². The number of aliphatic imine (C=N–C) groups is 1. The Morgan fingerprint density at radius 3 is 2.56 bits per heavy atom. The first-order valence-electron chi connectivity index (χ1n) is 8.80. The molecule has 0 radical (unpaired) electrons. The van der Waals surface area contributed by atoms with Gasteiger partial charge in [-0.3, -0.25) is 4.99 Å². The molecule has 5 nitrogen and oxygen atoms in total. The van der Waals surface area contributed by atoms with Crippen LogP contribution in [0.1, 0.15) is 39.4 Å². The van der Waals surface area contributed by atoms with Gasteiger partial charge >= 0.3 is 0 Å². The van der Waals surface area contributed by atoms with Crippen LogP contribution in [-0.4, -0.2) is 54.4 Å². The first-order chi connectivity index (χ1) is 11.9. The Hall–Kier alpha value is -1.24. The van der Waals surface area contributed by atoms with Crippen molar-refractivity contribution >= 4 is 17.7 Å². The normalized spacial score (nSPS) is 14.9. The molecule has 0 aliphatic rings. The molecule has 142 valence electrons. The molecule has 0 saturated carbocycles. The quantitative estimate of drug-likeness (QED) is 0.438. The summed E-state index contributed by atoms with van der Waals surface area (Å²) in [5.74, 6) is 0.722. The van der Waals surface area contributed by atoms with Crippen molar-refractivity contribution in [3.05, 3.63) is 35.9 Å². The fraction of sp³-hybridized carbons (Fsp3) is 0.632. The molecule has 0 fully saturated rings. The molecular weight excluding hydrogens is 334 g/mol. The summed E-state index contributed by atoms with van der Waals surface area (Å²) in [4.78, 5) is 4.59. The zero-order valence-electron chi connectivity index (χ0n) is 16.1. The van der Waals surface area contributed by atoms with Crippen LogP contribution in [0.3, 0.4) is 0 Å². The van der Waals surface area contributed by atoms with Crippen molar-refractivity contribution in [3.63, 3.8) is 0 Å². The van der Waals surface area contributed by atoms with Crippen LogP contribution < -0.4 is 10.6 Å². The van der Waals surface area contributed by atoms with Crippen LogP contribution in [0.4, 0.5) is 0 Å². The van der Waals surface area contributed by atoms with Gasteiger partial charge in [-0.05, 0) is 39.5 Å². The van der Waals surface area contributed by atoms with Crippen molar-refractivity contribution in [2.75, 3.05) is 32.5 Å². The number of rotatable bonds is 10. The number of aliphatic hydroxyl groups is 1. The van der Waals surface area contributed by atoms with Gasteiger partial charge in [0.2, 0.25) is 0 Å². The molecule has 1 aromatic carbocycles. The Kier molecular flexibility index (Phi) is 9.93. The standard InChI is InChI=1S/C19H33N3O2S/c1-6-20-18(22-14-19(3,4)25-5)21-12-17(23)13-24-15(2)16-10-8-7-9-11-16/h7-11,15,17,23H,6,12-14H2,1-5H3,(H2,20,21,22). The second-order valence-corrected chi connectivity index (χ2v) is 8.09. The monoisotopic (exact) mass is 367 g/mol. The van der Waals surface area contributed by atoms with Gasteiger partial charge < -0.3 is 20.5 Å². The first kappa shape index (κ1) is 21.8. The van der Waals surface area contributed by atoms with E-state index in [0.717, 1.165) is 18.1 Å². The van der Waals surface area contributed by atoms with Crippen molar-refractivity contribution < 1.29 is 9.84 Å². The molecule has 6 heteroatoms. The molecule has 0 aromatic heterocycles. The van der Waals surface area contributed by atoms with E-state index >= 15 is 0 Å². The van der Waals surface area contributed by atoms with Crippen LogP contribution in [0.5, 0.6) is 0 Å². The van der Waals surface area contributed by atoms with Crippen molar-refractivity contribution in [2.24, 2.45) is 4.99 Å². The van der Waals surface area contributed by atoms with Gasteiger partial charge in [0.15, 0.2) is 5.96 Å². The second-order valence-electron chi connectivity index (χ2n) is 6.58. The molecule has 0 aliphatic carbocycles. The van der Waals surface area contributed by atoms with E-state index in [2.05, 4.69) is 35.7 Å². The maximum atomic E-state index is 10.2. The predicted octanol–water partition coefficient (Wildman–Crippen LogP) is 2.82. The Labute approximate surface area is 156 Å². The van der Waals surface area contributed by atoms with E-state index in [-0.39, 0.29) is 17.5 Å². The molecule has 1 aromatic rings. The molecule has 2 unspecified atom stereocenters. The lowest BCUT2D eigenvalue weighted by Gasteiger charge is -2.21. The van der Waals surface area contributed by atoms with E-state index in [1.807, 2.05) is 44.2 Å². The van der Waals surface area contributed by atoms with Gasteiger partial charge in [0.25, 0.3) is 0 Å². The smallest absolute Gasteiger partial charge is 0.191 e. The van der Waals surface area contributed by atoms with E-state index in [1.165, 1.54) is 0 Å². The van der Waals surface area contributed by atoms with Gasteiger partial charge in [-0.1, -0.05) is 30.3 Å². The third-order valence-corrected chi connectivity index (χ3v) is 5.06. The van der Waals surface area contributed by atoms with Crippen LogP contribution in [0, 0.1) is 0 Å². The number of benzene rings is 1. The minimum Gasteiger partial charge on any atom is -0.389 e. The summed E-state index contributed by atoms with van der Waals surface area (Å²) in [6, 6.07) is 10.0. The first-order valence-corrected chi connectivity index (χ1v) is 10.0. The summed E-state index contributed by atoms with van der Waals surface area (Å²) < 4.78 is 5.85. The lowest BCUT2D eigenvalue weighted by molar-refractivity contribution is -0.000599. The van der Waals surface area contributed by atoms with E-state index in [1.54, 1.807) is 11.8 Å². The van der Waals surface area contributed by atoms with Gasteiger partial charge in [-0.2, -0.15) is 11.8 Å². The highest BCUT2D eigenvalue weighted by molar-refractivity contribution is 7.99. The van der Waals surface area contributed by atoms with Crippen LogP contribution in [0.25, 0.3) is 0 Å². The number of nitrogens with one attached hydrogen (secondary N) is 2. The van der Waals surface area contributed by atoms with E-state index in [0.29, 0.717) is 13.1 Å². The van der Waals surface area contributed by atoms with Crippen molar-refractivity contribution in [2.45, 2.75) is 44.6 Å². The summed E-state index contributed by atoms with van der Waals surface area (Å²) >= 11 is 1.79. The topological polar surface area (TPSA) is 65.9 Å². The van der Waals surface area contributed by atoms with Crippen LogP contribution in [0.15, 0.2) is 35.3 Å². The maximum Gasteiger partial charge on any atom is 0.191 e. The summed E-state index contributed by atoms with van der Waals surface area (Å²) in [6.45, 7) is 10.5. The Bertz CT molecular complexity index is 509. The van der Waals surface area contributed by atoms with Crippen LogP contribution in [0.2, 0.25) is 0 Å². The zero-order valence-corrected chi connectivity index (χ0v) is 16.9. The average Bonchev–Trinajstić information content (AvgIpc) is 2.62. The maximum absolute atomic E-state index is 10.2. The molecule has 0 amide bonds. The lowest BCUT2D eigenvalue weighted by atomic mass is 10.1. The lowest BCUT2D eigenvalue weighted by Crippen LogP contribution is -2.43. The van der Waals surface area contributed by atoms with Crippen molar-refractivity contribution in [1.82, 2.24) is 10.6 Å². The number of nitrogens with zero attached hydrogens (tertiary/aromatic N) is 1. The van der Waals surface area contributed by atoms with E-state index in [9.17, 15) is 5.11 Å². The Balaban J connectivity index is 2.41. The summed E-state index contributed by atoms with van der Waals surface area (Å²) in [7, 11) is 0. The molecule has 1 rings (SSSR count). The third kappa shape index (κ3) is 9.14. The fourth-order valence-electron chi connectivity index (χ4n) is 2.02. The molecule has 0 heterocycles. The number of thioether (sulfide) groups is 1. The highest BCUT2D eigenvalue weighted by Crippen LogP contribution is 2.21. The van der Waals surface area contributed by atoms with Gasteiger partial charge in [-0.15, -0.1) is 0 Å². The zero-order chi connectivity index (χ0) is 18.7. The van der Waals surface area contributed by atoms with E-state index < -0.39 is 6.10 Å². The van der Waals surface area contributed by atoms with Crippen LogP contribution >= 0.6 is 11.8 Å². The molecule has 25 heavy (non-hydrogen) atoms. The van der Waals surface area contributed by atoms with Gasteiger partial charge in [0.05, 0.1) is 25.4 Å². The minimum atomic E-state index is -0.594. The molecule has 0 saturated heterocycles. The van der Waals surface area contributed by atoms with Gasteiger partial charge in [-0.25, -0.2) is 0 Å². The number of guanidine groups is 1. The second kappa shape index (κ2) is 11.4. The SMILES string of the molecule is CCNC(=NCC(C)(C)SC)NCC(O)COC(C)c1ccccc1. The van der Waals surface area contributed by atoms with Gasteiger partial charge in [0, 0.05) is 17.8 Å². The number of ether oxygens (including phenoxy) is 1. The number of aliphatic hydroxyl groups excluding tert-OH is 1. The summed E-state index contributed by atoms with van der Waals surface area (Å²) in [6.07, 6.45) is 1.45. The van der Waals surface area contributed by atoms with Gasteiger partial charge in [0.1, 0.15) is 0 Å². The number of hydrogen-bond donors (Lipinski definition) is 3. The van der Waals surface area contributed by atoms with Crippen LogP contribution in [-0.2, 0) is 4.74 Å². The number of hydrogen-bond acceptors (Lipinski definition) is 4. The van der Waals surface area contributed by atoms with Crippen molar-refractivity contribution in [1.29, 1.82) is 0 Å². The highest BCUT2D eigenvalue weighted by Gasteiger charge is 2.16. The molecule has 2 atom stereocenters. The molecule has 0 spiro atoms. The highest BCUT2D eigenvalue weighted by atomic mass is 32.2.